The summed E-state index contributed by atoms with van der Waals surface area (Å²) in [5, 5.41) is 0. The maximum absolute atomic E-state index is 12.4. The Morgan fingerprint density at radius 1 is 0.633 bits per heavy atom. The summed E-state index contributed by atoms with van der Waals surface area (Å²) in [5.74, 6) is -0.772. The lowest BCUT2D eigenvalue weighted by molar-refractivity contribution is 0.0481. The van der Waals surface area contributed by atoms with Crippen LogP contribution < -0.4 is 0 Å². The van der Waals surface area contributed by atoms with Crippen LogP contribution in [0.15, 0.2) is 21.1 Å². The van der Waals surface area contributed by atoms with E-state index in [0.29, 0.717) is 33.3 Å². The van der Waals surface area contributed by atoms with E-state index in [-0.39, 0.29) is 11.9 Å². The van der Waals surface area contributed by atoms with E-state index in [1.54, 1.807) is 12.1 Å². The molecule has 0 aliphatic heterocycles. The topological polar surface area (TPSA) is 52.6 Å². The summed E-state index contributed by atoms with van der Waals surface area (Å²) >= 11 is 6.78. The quantitative estimate of drug-likeness (QED) is 0.154. The second-order valence-electron chi connectivity index (χ2n) is 7.62. The van der Waals surface area contributed by atoms with E-state index in [4.69, 9.17) is 9.47 Å². The van der Waals surface area contributed by atoms with Crippen molar-refractivity contribution in [1.29, 1.82) is 0 Å². The summed E-state index contributed by atoms with van der Waals surface area (Å²) in [4.78, 5) is 24.7. The Balaban J connectivity index is 2.44. The highest BCUT2D eigenvalue weighted by Crippen LogP contribution is 2.27. The SMILES string of the molecule is CCCCCCCCOC(=O)c1cc(Br)c(C(=O)OCCCCCCCC)cc1Br. The van der Waals surface area contributed by atoms with Crippen LogP contribution in [0.4, 0.5) is 0 Å². The number of esters is 2. The van der Waals surface area contributed by atoms with E-state index in [1.807, 2.05) is 0 Å². The number of benzene rings is 1. The lowest BCUT2D eigenvalue weighted by Crippen LogP contribution is -2.11. The molecule has 0 unspecified atom stereocenters. The van der Waals surface area contributed by atoms with Crippen molar-refractivity contribution in [3.8, 4) is 0 Å². The molecule has 0 N–H and O–H groups in total. The summed E-state index contributed by atoms with van der Waals surface area (Å²) in [6.07, 6.45) is 13.7. The fraction of sp³-hybridized carbons (Fsp3) is 0.667. The first-order chi connectivity index (χ1) is 14.5. The van der Waals surface area contributed by atoms with Gasteiger partial charge in [0.15, 0.2) is 0 Å². The number of ether oxygens (including phenoxy) is 2. The molecule has 30 heavy (non-hydrogen) atoms. The first kappa shape index (κ1) is 27.2. The molecule has 0 saturated carbocycles. The number of carbonyl (C=O) groups is 2. The number of rotatable bonds is 16. The lowest BCUT2D eigenvalue weighted by atomic mass is 10.1. The van der Waals surface area contributed by atoms with E-state index in [9.17, 15) is 9.59 Å². The van der Waals surface area contributed by atoms with Crippen molar-refractivity contribution in [1.82, 2.24) is 0 Å². The summed E-state index contributed by atoms with van der Waals surface area (Å²) < 4.78 is 11.8. The van der Waals surface area contributed by atoms with Gasteiger partial charge in [-0.05, 0) is 56.8 Å². The van der Waals surface area contributed by atoms with Crippen molar-refractivity contribution >= 4 is 43.8 Å². The lowest BCUT2D eigenvalue weighted by Gasteiger charge is -2.11. The molecule has 0 bridgehead atoms. The monoisotopic (exact) mass is 546 g/mol. The highest BCUT2D eigenvalue weighted by Gasteiger charge is 2.19. The predicted molar refractivity (Wildman–Crippen MR) is 129 cm³/mol. The van der Waals surface area contributed by atoms with Crippen LogP contribution in [-0.4, -0.2) is 25.2 Å². The highest BCUT2D eigenvalue weighted by molar-refractivity contribution is 9.11. The molecule has 0 aliphatic carbocycles. The van der Waals surface area contributed by atoms with Gasteiger partial charge in [-0.2, -0.15) is 0 Å². The molecule has 1 aromatic rings. The molecule has 0 spiro atoms. The third kappa shape index (κ3) is 10.9. The molecular weight excluding hydrogens is 512 g/mol. The Hall–Kier alpha value is -0.880. The molecule has 170 valence electrons. The number of unbranched alkanes of at least 4 members (excludes halogenated alkanes) is 10. The van der Waals surface area contributed by atoms with Crippen molar-refractivity contribution in [2.24, 2.45) is 0 Å². The molecule has 1 aromatic carbocycles. The first-order valence-electron chi connectivity index (χ1n) is 11.3. The molecule has 1 rings (SSSR count). The van der Waals surface area contributed by atoms with Gasteiger partial charge in [0.2, 0.25) is 0 Å². The molecule has 0 aromatic heterocycles. The number of hydrogen-bond acceptors (Lipinski definition) is 4. The Morgan fingerprint density at radius 2 is 0.967 bits per heavy atom. The van der Waals surface area contributed by atoms with Gasteiger partial charge >= 0.3 is 11.9 Å². The van der Waals surface area contributed by atoms with Gasteiger partial charge in [-0.15, -0.1) is 0 Å². The molecule has 0 aliphatic rings. The average Bonchev–Trinajstić information content (AvgIpc) is 2.73. The van der Waals surface area contributed by atoms with Crippen LogP contribution in [-0.2, 0) is 9.47 Å². The Morgan fingerprint density at radius 3 is 1.33 bits per heavy atom. The van der Waals surface area contributed by atoms with E-state index in [1.165, 1.54) is 51.4 Å². The molecule has 0 atom stereocenters. The van der Waals surface area contributed by atoms with Crippen LogP contribution >= 0.6 is 31.9 Å². The third-order valence-corrected chi connectivity index (χ3v) is 6.27. The zero-order valence-corrected chi connectivity index (χ0v) is 21.6. The molecule has 0 fully saturated rings. The van der Waals surface area contributed by atoms with Gasteiger partial charge in [-0.1, -0.05) is 78.1 Å². The van der Waals surface area contributed by atoms with Gasteiger partial charge in [-0.25, -0.2) is 9.59 Å². The Bertz CT molecular complexity index is 591. The fourth-order valence-electron chi connectivity index (χ4n) is 3.11. The maximum Gasteiger partial charge on any atom is 0.339 e. The normalized spacial score (nSPS) is 10.8. The molecule has 0 saturated heterocycles. The number of halogens is 2. The average molecular weight is 548 g/mol. The summed E-state index contributed by atoms with van der Waals surface area (Å²) in [7, 11) is 0. The van der Waals surface area contributed by atoms with E-state index >= 15 is 0 Å². The van der Waals surface area contributed by atoms with Crippen LogP contribution in [0.3, 0.4) is 0 Å². The number of carbonyl (C=O) groups excluding carboxylic acids is 2. The van der Waals surface area contributed by atoms with E-state index in [2.05, 4.69) is 45.7 Å². The fourth-order valence-corrected chi connectivity index (χ4v) is 4.12. The standard InChI is InChI=1S/C24H36Br2O4/c1-3-5-7-9-11-13-15-29-23(27)19-17-22(26)20(18-21(19)25)24(28)30-16-14-12-10-8-6-4-2/h17-18H,3-16H2,1-2H3. The van der Waals surface area contributed by atoms with Gasteiger partial charge in [0, 0.05) is 8.95 Å². The predicted octanol–water partition coefficient (Wildman–Crippen LogP) is 8.25. The van der Waals surface area contributed by atoms with Gasteiger partial charge in [0.05, 0.1) is 24.3 Å². The van der Waals surface area contributed by atoms with Crippen molar-refractivity contribution in [3.63, 3.8) is 0 Å². The summed E-state index contributed by atoms with van der Waals surface area (Å²) in [5.41, 5.74) is 0.806. The minimum atomic E-state index is -0.386. The van der Waals surface area contributed by atoms with Crippen molar-refractivity contribution in [2.75, 3.05) is 13.2 Å². The van der Waals surface area contributed by atoms with Crippen molar-refractivity contribution in [2.45, 2.75) is 90.9 Å². The van der Waals surface area contributed by atoms with Crippen molar-refractivity contribution in [3.05, 3.63) is 32.2 Å². The van der Waals surface area contributed by atoms with Crippen LogP contribution in [0, 0.1) is 0 Å². The van der Waals surface area contributed by atoms with E-state index in [0.717, 1.165) is 25.7 Å². The van der Waals surface area contributed by atoms with E-state index < -0.39 is 0 Å². The second-order valence-corrected chi connectivity index (χ2v) is 9.33. The third-order valence-electron chi connectivity index (χ3n) is 4.96. The molecule has 6 heteroatoms. The Kier molecular flexibility index (Phi) is 15.2. The first-order valence-corrected chi connectivity index (χ1v) is 12.9. The maximum atomic E-state index is 12.4. The van der Waals surface area contributed by atoms with Gasteiger partial charge in [-0.3, -0.25) is 0 Å². The molecule has 4 nitrogen and oxygen atoms in total. The molecule has 0 radical (unpaired) electrons. The minimum Gasteiger partial charge on any atom is -0.462 e. The van der Waals surface area contributed by atoms with Crippen LogP contribution in [0.1, 0.15) is 112 Å². The van der Waals surface area contributed by atoms with Crippen LogP contribution in [0.25, 0.3) is 0 Å². The molecule has 0 amide bonds. The smallest absolute Gasteiger partial charge is 0.339 e. The van der Waals surface area contributed by atoms with Crippen LogP contribution in [0.5, 0.6) is 0 Å². The summed E-state index contributed by atoms with van der Waals surface area (Å²) in [6.45, 7) is 5.21. The minimum absolute atomic E-state index is 0.386. The van der Waals surface area contributed by atoms with Gasteiger partial charge in [0.1, 0.15) is 0 Å². The summed E-state index contributed by atoms with van der Waals surface area (Å²) in [6, 6.07) is 3.24. The number of hydrogen-bond donors (Lipinski definition) is 0. The highest BCUT2D eigenvalue weighted by atomic mass is 79.9. The molecular formula is C24H36Br2O4. The largest absolute Gasteiger partial charge is 0.462 e. The van der Waals surface area contributed by atoms with Gasteiger partial charge < -0.3 is 9.47 Å². The Labute approximate surface area is 198 Å². The zero-order chi connectivity index (χ0) is 22.2. The molecule has 0 heterocycles. The van der Waals surface area contributed by atoms with Crippen molar-refractivity contribution < 1.29 is 19.1 Å². The zero-order valence-electron chi connectivity index (χ0n) is 18.4. The van der Waals surface area contributed by atoms with Crippen LogP contribution in [0.2, 0.25) is 0 Å². The van der Waals surface area contributed by atoms with Gasteiger partial charge in [0.25, 0.3) is 0 Å². The second kappa shape index (κ2) is 16.8.